The summed E-state index contributed by atoms with van der Waals surface area (Å²) in [6, 6.07) is 5.72. The number of ether oxygens (including phenoxy) is 1. The standard InChI is InChI=1S/C14H19ClO4S/c1-2-3-4-5-10-19-14(16)11-20(17,18)13-8-6-12(15)7-9-13/h6-9H,2-5,10-11H2,1H3. The van der Waals surface area contributed by atoms with Crippen LogP contribution in [0.2, 0.25) is 5.02 Å². The minimum absolute atomic E-state index is 0.0739. The SMILES string of the molecule is CCCCCCOC(=O)CS(=O)(=O)c1ccc(Cl)cc1. The van der Waals surface area contributed by atoms with Crippen LogP contribution in [0.1, 0.15) is 32.6 Å². The predicted octanol–water partition coefficient (Wildman–Crippen LogP) is 3.24. The molecule has 0 radical (unpaired) electrons. The van der Waals surface area contributed by atoms with Crippen molar-refractivity contribution in [3.63, 3.8) is 0 Å². The van der Waals surface area contributed by atoms with Gasteiger partial charge in [0.15, 0.2) is 15.6 Å². The number of hydrogen-bond acceptors (Lipinski definition) is 4. The van der Waals surface area contributed by atoms with E-state index in [0.29, 0.717) is 5.02 Å². The Hall–Kier alpha value is -1.07. The molecule has 1 rings (SSSR count). The van der Waals surface area contributed by atoms with E-state index >= 15 is 0 Å². The Morgan fingerprint density at radius 3 is 2.40 bits per heavy atom. The summed E-state index contributed by atoms with van der Waals surface area (Å²) in [6.45, 7) is 2.36. The summed E-state index contributed by atoms with van der Waals surface area (Å²) >= 11 is 5.69. The number of hydrogen-bond donors (Lipinski definition) is 0. The third-order valence-corrected chi connectivity index (χ3v) is 4.60. The first-order valence-electron chi connectivity index (χ1n) is 6.59. The highest BCUT2D eigenvalue weighted by Crippen LogP contribution is 2.15. The molecule has 0 fully saturated rings. The smallest absolute Gasteiger partial charge is 0.321 e. The lowest BCUT2D eigenvalue weighted by Gasteiger charge is -2.06. The average molecular weight is 319 g/mol. The molecule has 112 valence electrons. The van der Waals surface area contributed by atoms with Crippen LogP contribution in [0.3, 0.4) is 0 Å². The number of halogens is 1. The first-order valence-corrected chi connectivity index (χ1v) is 8.62. The van der Waals surface area contributed by atoms with Crippen molar-refractivity contribution >= 4 is 27.4 Å². The van der Waals surface area contributed by atoms with E-state index in [1.54, 1.807) is 0 Å². The quantitative estimate of drug-likeness (QED) is 0.545. The highest BCUT2D eigenvalue weighted by molar-refractivity contribution is 7.92. The Bertz CT molecular complexity index is 523. The summed E-state index contributed by atoms with van der Waals surface area (Å²) in [6.07, 6.45) is 3.92. The van der Waals surface area contributed by atoms with Gasteiger partial charge in [0.1, 0.15) is 0 Å². The van der Waals surface area contributed by atoms with Crippen LogP contribution in [0.15, 0.2) is 29.2 Å². The van der Waals surface area contributed by atoms with Gasteiger partial charge in [-0.3, -0.25) is 4.79 Å². The lowest BCUT2D eigenvalue weighted by molar-refractivity contribution is -0.140. The fraction of sp³-hybridized carbons (Fsp3) is 0.500. The summed E-state index contributed by atoms with van der Waals surface area (Å²) in [4.78, 5) is 11.6. The fourth-order valence-electron chi connectivity index (χ4n) is 1.64. The second-order valence-electron chi connectivity index (χ2n) is 4.49. The van der Waals surface area contributed by atoms with Crippen LogP contribution >= 0.6 is 11.6 Å². The lowest BCUT2D eigenvalue weighted by atomic mass is 10.2. The third-order valence-electron chi connectivity index (χ3n) is 2.74. The molecule has 0 saturated heterocycles. The minimum Gasteiger partial charge on any atom is -0.465 e. The first kappa shape index (κ1) is 17.0. The zero-order valence-electron chi connectivity index (χ0n) is 11.5. The topological polar surface area (TPSA) is 60.4 Å². The van der Waals surface area contributed by atoms with E-state index in [4.69, 9.17) is 16.3 Å². The van der Waals surface area contributed by atoms with Crippen molar-refractivity contribution in [1.82, 2.24) is 0 Å². The zero-order valence-corrected chi connectivity index (χ0v) is 13.0. The van der Waals surface area contributed by atoms with Crippen LogP contribution in [-0.2, 0) is 19.4 Å². The summed E-state index contributed by atoms with van der Waals surface area (Å²) in [5.74, 6) is -1.35. The van der Waals surface area contributed by atoms with Gasteiger partial charge in [0.2, 0.25) is 0 Å². The maximum absolute atomic E-state index is 11.9. The molecule has 0 unspecified atom stereocenters. The Kier molecular flexibility index (Phi) is 7.02. The molecule has 20 heavy (non-hydrogen) atoms. The van der Waals surface area contributed by atoms with Crippen LogP contribution in [0, 0.1) is 0 Å². The number of carbonyl (C=O) groups is 1. The van der Waals surface area contributed by atoms with E-state index in [2.05, 4.69) is 6.92 Å². The highest BCUT2D eigenvalue weighted by Gasteiger charge is 2.20. The molecule has 0 spiro atoms. The summed E-state index contributed by atoms with van der Waals surface area (Å²) < 4.78 is 28.8. The molecule has 0 heterocycles. The molecule has 1 aromatic rings. The molecule has 0 aliphatic rings. The van der Waals surface area contributed by atoms with Gasteiger partial charge in [0, 0.05) is 5.02 Å². The largest absolute Gasteiger partial charge is 0.465 e. The van der Waals surface area contributed by atoms with E-state index in [-0.39, 0.29) is 11.5 Å². The van der Waals surface area contributed by atoms with Gasteiger partial charge >= 0.3 is 5.97 Å². The van der Waals surface area contributed by atoms with Crippen molar-refractivity contribution in [2.75, 3.05) is 12.4 Å². The molecule has 0 aromatic heterocycles. The van der Waals surface area contributed by atoms with Gasteiger partial charge in [-0.05, 0) is 30.7 Å². The maximum Gasteiger partial charge on any atom is 0.321 e. The van der Waals surface area contributed by atoms with Gasteiger partial charge in [-0.1, -0.05) is 37.8 Å². The minimum atomic E-state index is -3.66. The number of rotatable bonds is 8. The Labute approximate surface area is 125 Å². The number of unbranched alkanes of at least 4 members (excludes halogenated alkanes) is 3. The molecule has 0 atom stereocenters. The van der Waals surface area contributed by atoms with Crippen LogP contribution in [-0.4, -0.2) is 26.7 Å². The van der Waals surface area contributed by atoms with E-state index in [0.717, 1.165) is 25.7 Å². The monoisotopic (exact) mass is 318 g/mol. The van der Waals surface area contributed by atoms with Crippen LogP contribution in [0.25, 0.3) is 0 Å². The number of esters is 1. The Morgan fingerprint density at radius 1 is 1.15 bits per heavy atom. The lowest BCUT2D eigenvalue weighted by Crippen LogP contribution is -2.19. The Balaban J connectivity index is 2.46. The highest BCUT2D eigenvalue weighted by atomic mass is 35.5. The maximum atomic E-state index is 11.9. The molecule has 0 bridgehead atoms. The molecule has 6 heteroatoms. The number of sulfone groups is 1. The van der Waals surface area contributed by atoms with Crippen LogP contribution in [0.5, 0.6) is 0 Å². The molecule has 0 saturated carbocycles. The van der Waals surface area contributed by atoms with Crippen molar-refractivity contribution < 1.29 is 17.9 Å². The molecule has 0 N–H and O–H groups in total. The van der Waals surface area contributed by atoms with Gasteiger partial charge in [-0.25, -0.2) is 8.42 Å². The second-order valence-corrected chi connectivity index (χ2v) is 6.92. The summed E-state index contributed by atoms with van der Waals surface area (Å²) in [5, 5.41) is 0.447. The van der Waals surface area contributed by atoms with Crippen LogP contribution < -0.4 is 0 Å². The van der Waals surface area contributed by atoms with Gasteiger partial charge in [0.05, 0.1) is 11.5 Å². The van der Waals surface area contributed by atoms with Gasteiger partial charge < -0.3 is 4.74 Å². The van der Waals surface area contributed by atoms with Gasteiger partial charge in [-0.2, -0.15) is 0 Å². The first-order chi connectivity index (χ1) is 9.45. The van der Waals surface area contributed by atoms with Crippen molar-refractivity contribution in [1.29, 1.82) is 0 Å². The number of carbonyl (C=O) groups excluding carboxylic acids is 1. The third kappa shape index (κ3) is 5.92. The summed E-state index contributed by atoms with van der Waals surface area (Å²) in [7, 11) is -3.66. The van der Waals surface area contributed by atoms with Gasteiger partial charge in [-0.15, -0.1) is 0 Å². The van der Waals surface area contributed by atoms with E-state index < -0.39 is 21.6 Å². The Morgan fingerprint density at radius 2 is 1.80 bits per heavy atom. The normalized spacial score (nSPS) is 11.3. The van der Waals surface area contributed by atoms with E-state index in [1.807, 2.05) is 0 Å². The van der Waals surface area contributed by atoms with Crippen molar-refractivity contribution in [3.8, 4) is 0 Å². The van der Waals surface area contributed by atoms with E-state index in [9.17, 15) is 13.2 Å². The van der Waals surface area contributed by atoms with Gasteiger partial charge in [0.25, 0.3) is 0 Å². The molecular formula is C14H19ClO4S. The van der Waals surface area contributed by atoms with Crippen molar-refractivity contribution in [2.45, 2.75) is 37.5 Å². The van der Waals surface area contributed by atoms with Crippen molar-refractivity contribution in [3.05, 3.63) is 29.3 Å². The van der Waals surface area contributed by atoms with Crippen molar-refractivity contribution in [2.24, 2.45) is 0 Å². The molecule has 0 amide bonds. The molecule has 4 nitrogen and oxygen atoms in total. The van der Waals surface area contributed by atoms with Crippen LogP contribution in [0.4, 0.5) is 0 Å². The number of benzene rings is 1. The molecular weight excluding hydrogens is 300 g/mol. The molecule has 1 aromatic carbocycles. The predicted molar refractivity (Wildman–Crippen MR) is 78.6 cm³/mol. The molecule has 0 aliphatic carbocycles. The van der Waals surface area contributed by atoms with E-state index in [1.165, 1.54) is 24.3 Å². The molecule has 0 aliphatic heterocycles. The zero-order chi connectivity index (χ0) is 15.0. The second kappa shape index (κ2) is 8.27. The fourth-order valence-corrected chi connectivity index (χ4v) is 2.87. The summed E-state index contributed by atoms with van der Waals surface area (Å²) in [5.41, 5.74) is 0. The average Bonchev–Trinajstić information content (AvgIpc) is 2.38.